The van der Waals surface area contributed by atoms with E-state index in [2.05, 4.69) is 19.2 Å². The van der Waals surface area contributed by atoms with Crippen molar-refractivity contribution in [1.82, 2.24) is 5.32 Å². The monoisotopic (exact) mass is 241 g/mol. The standard InChI is InChI=1S/C14H27NO2/c1-3-11(4-2)9-15-10-12-7-5-6-8-13(12)14(16)17/h11-13,15H,3-10H2,1-2H3,(H,16,17). The number of carboxylic acids is 1. The lowest BCUT2D eigenvalue weighted by atomic mass is 9.79. The van der Waals surface area contributed by atoms with E-state index >= 15 is 0 Å². The molecule has 0 aromatic rings. The van der Waals surface area contributed by atoms with Crippen molar-refractivity contribution >= 4 is 5.97 Å². The molecule has 1 rings (SSSR count). The molecule has 0 aromatic carbocycles. The maximum atomic E-state index is 11.1. The predicted octanol–water partition coefficient (Wildman–Crippen LogP) is 2.90. The van der Waals surface area contributed by atoms with Gasteiger partial charge in [-0.25, -0.2) is 0 Å². The van der Waals surface area contributed by atoms with Gasteiger partial charge >= 0.3 is 5.97 Å². The minimum atomic E-state index is -0.598. The third kappa shape index (κ3) is 4.66. The highest BCUT2D eigenvalue weighted by molar-refractivity contribution is 5.70. The molecule has 0 bridgehead atoms. The third-order valence-electron chi connectivity index (χ3n) is 4.22. The summed E-state index contributed by atoms with van der Waals surface area (Å²) in [7, 11) is 0. The summed E-state index contributed by atoms with van der Waals surface area (Å²) in [6, 6.07) is 0. The molecular weight excluding hydrogens is 214 g/mol. The molecule has 0 heterocycles. The van der Waals surface area contributed by atoms with Gasteiger partial charge in [-0.05, 0) is 37.8 Å². The minimum Gasteiger partial charge on any atom is -0.481 e. The van der Waals surface area contributed by atoms with Gasteiger partial charge in [-0.3, -0.25) is 4.79 Å². The van der Waals surface area contributed by atoms with Gasteiger partial charge in [0, 0.05) is 0 Å². The van der Waals surface area contributed by atoms with Crippen molar-refractivity contribution in [2.75, 3.05) is 13.1 Å². The van der Waals surface area contributed by atoms with Crippen LogP contribution >= 0.6 is 0 Å². The van der Waals surface area contributed by atoms with Crippen molar-refractivity contribution in [3.8, 4) is 0 Å². The maximum absolute atomic E-state index is 11.1. The SMILES string of the molecule is CCC(CC)CNCC1CCCCC1C(=O)O. The van der Waals surface area contributed by atoms with Crippen molar-refractivity contribution in [3.05, 3.63) is 0 Å². The molecule has 0 aromatic heterocycles. The molecule has 100 valence electrons. The number of hydrogen-bond donors (Lipinski definition) is 2. The van der Waals surface area contributed by atoms with Crippen LogP contribution in [0.25, 0.3) is 0 Å². The van der Waals surface area contributed by atoms with Crippen LogP contribution in [-0.2, 0) is 4.79 Å². The molecule has 1 fully saturated rings. The Balaban J connectivity index is 2.30. The molecule has 0 aliphatic heterocycles. The van der Waals surface area contributed by atoms with E-state index in [9.17, 15) is 9.90 Å². The van der Waals surface area contributed by atoms with E-state index in [1.165, 1.54) is 19.3 Å². The number of hydrogen-bond acceptors (Lipinski definition) is 2. The smallest absolute Gasteiger partial charge is 0.306 e. The first-order valence-electron chi connectivity index (χ1n) is 7.12. The van der Waals surface area contributed by atoms with Crippen LogP contribution in [0.5, 0.6) is 0 Å². The van der Waals surface area contributed by atoms with Gasteiger partial charge in [-0.15, -0.1) is 0 Å². The molecule has 2 N–H and O–H groups in total. The average molecular weight is 241 g/mol. The van der Waals surface area contributed by atoms with E-state index in [1.807, 2.05) is 0 Å². The van der Waals surface area contributed by atoms with Gasteiger partial charge in [0.25, 0.3) is 0 Å². The zero-order valence-corrected chi connectivity index (χ0v) is 11.2. The normalized spacial score (nSPS) is 25.1. The lowest BCUT2D eigenvalue weighted by Crippen LogP contribution is -2.36. The molecule has 0 amide bonds. The fourth-order valence-corrected chi connectivity index (χ4v) is 2.83. The van der Waals surface area contributed by atoms with Crippen LogP contribution in [0.3, 0.4) is 0 Å². The van der Waals surface area contributed by atoms with E-state index in [4.69, 9.17) is 0 Å². The second-order valence-electron chi connectivity index (χ2n) is 5.33. The minimum absolute atomic E-state index is 0.113. The van der Waals surface area contributed by atoms with Crippen molar-refractivity contribution < 1.29 is 9.90 Å². The summed E-state index contributed by atoms with van der Waals surface area (Å²) in [4.78, 5) is 11.1. The molecule has 2 unspecified atom stereocenters. The molecule has 3 heteroatoms. The highest BCUT2D eigenvalue weighted by Gasteiger charge is 2.30. The topological polar surface area (TPSA) is 49.3 Å². The number of carbonyl (C=O) groups is 1. The fourth-order valence-electron chi connectivity index (χ4n) is 2.83. The third-order valence-corrected chi connectivity index (χ3v) is 4.22. The Kier molecular flexibility index (Phi) is 6.56. The second kappa shape index (κ2) is 7.70. The molecule has 0 saturated heterocycles. The Morgan fingerprint density at radius 3 is 2.53 bits per heavy atom. The van der Waals surface area contributed by atoms with E-state index < -0.39 is 5.97 Å². The van der Waals surface area contributed by atoms with Crippen molar-refractivity contribution in [1.29, 1.82) is 0 Å². The summed E-state index contributed by atoms with van der Waals surface area (Å²) in [6.45, 7) is 6.36. The maximum Gasteiger partial charge on any atom is 0.306 e. The Bertz CT molecular complexity index is 226. The number of carboxylic acid groups (broad SMARTS) is 1. The van der Waals surface area contributed by atoms with Crippen LogP contribution in [0.1, 0.15) is 52.4 Å². The molecule has 1 saturated carbocycles. The van der Waals surface area contributed by atoms with Gasteiger partial charge in [0.05, 0.1) is 5.92 Å². The van der Waals surface area contributed by atoms with Gasteiger partial charge in [0.1, 0.15) is 0 Å². The number of rotatable bonds is 7. The highest BCUT2D eigenvalue weighted by atomic mass is 16.4. The Morgan fingerprint density at radius 2 is 1.94 bits per heavy atom. The molecule has 1 aliphatic rings. The highest BCUT2D eigenvalue weighted by Crippen LogP contribution is 2.29. The van der Waals surface area contributed by atoms with Crippen LogP contribution in [0.2, 0.25) is 0 Å². The number of nitrogens with one attached hydrogen (secondary N) is 1. The average Bonchev–Trinajstić information content (AvgIpc) is 2.35. The van der Waals surface area contributed by atoms with E-state index in [0.717, 1.165) is 38.3 Å². The largest absolute Gasteiger partial charge is 0.481 e. The first kappa shape index (κ1) is 14.5. The van der Waals surface area contributed by atoms with Crippen LogP contribution in [0.15, 0.2) is 0 Å². The fraction of sp³-hybridized carbons (Fsp3) is 0.929. The Hall–Kier alpha value is -0.570. The number of aliphatic carboxylic acids is 1. The van der Waals surface area contributed by atoms with Crippen LogP contribution in [0.4, 0.5) is 0 Å². The van der Waals surface area contributed by atoms with Crippen LogP contribution in [-0.4, -0.2) is 24.2 Å². The first-order chi connectivity index (χ1) is 8.19. The Labute approximate surface area is 105 Å². The molecular formula is C14H27NO2. The summed E-state index contributed by atoms with van der Waals surface area (Å²) in [6.07, 6.45) is 6.63. The van der Waals surface area contributed by atoms with Crippen molar-refractivity contribution in [2.24, 2.45) is 17.8 Å². The van der Waals surface area contributed by atoms with E-state index in [0.29, 0.717) is 5.92 Å². The molecule has 0 radical (unpaired) electrons. The van der Waals surface area contributed by atoms with Gasteiger partial charge in [0.2, 0.25) is 0 Å². The first-order valence-corrected chi connectivity index (χ1v) is 7.12. The zero-order chi connectivity index (χ0) is 12.7. The summed E-state index contributed by atoms with van der Waals surface area (Å²) in [5.41, 5.74) is 0. The predicted molar refractivity (Wildman–Crippen MR) is 70.0 cm³/mol. The summed E-state index contributed by atoms with van der Waals surface area (Å²) in [5.74, 6) is 0.370. The quantitative estimate of drug-likeness (QED) is 0.720. The van der Waals surface area contributed by atoms with Gasteiger partial charge in [-0.1, -0.05) is 39.5 Å². The van der Waals surface area contributed by atoms with Gasteiger partial charge < -0.3 is 10.4 Å². The molecule has 2 atom stereocenters. The lowest BCUT2D eigenvalue weighted by Gasteiger charge is -2.29. The van der Waals surface area contributed by atoms with Crippen LogP contribution in [0, 0.1) is 17.8 Å². The van der Waals surface area contributed by atoms with Gasteiger partial charge in [0.15, 0.2) is 0 Å². The van der Waals surface area contributed by atoms with Crippen LogP contribution < -0.4 is 5.32 Å². The van der Waals surface area contributed by atoms with E-state index in [-0.39, 0.29) is 5.92 Å². The van der Waals surface area contributed by atoms with Crippen molar-refractivity contribution in [3.63, 3.8) is 0 Å². The summed E-state index contributed by atoms with van der Waals surface area (Å²) >= 11 is 0. The summed E-state index contributed by atoms with van der Waals surface area (Å²) in [5, 5.41) is 12.7. The molecule has 3 nitrogen and oxygen atoms in total. The summed E-state index contributed by atoms with van der Waals surface area (Å²) < 4.78 is 0. The Morgan fingerprint density at radius 1 is 1.29 bits per heavy atom. The molecule has 1 aliphatic carbocycles. The lowest BCUT2D eigenvalue weighted by molar-refractivity contribution is -0.144. The second-order valence-corrected chi connectivity index (χ2v) is 5.33. The molecule has 0 spiro atoms. The zero-order valence-electron chi connectivity index (χ0n) is 11.2. The van der Waals surface area contributed by atoms with Gasteiger partial charge in [-0.2, -0.15) is 0 Å². The van der Waals surface area contributed by atoms with E-state index in [1.54, 1.807) is 0 Å². The van der Waals surface area contributed by atoms with Crippen molar-refractivity contribution in [2.45, 2.75) is 52.4 Å². The molecule has 17 heavy (non-hydrogen) atoms.